The van der Waals surface area contributed by atoms with Gasteiger partial charge in [-0.25, -0.2) is 9.79 Å². The molecule has 0 saturated heterocycles. The van der Waals surface area contributed by atoms with Crippen LogP contribution < -0.4 is 24.9 Å². The number of thiazole rings is 1. The molecule has 1 N–H and O–H groups in total. The zero-order valence-electron chi connectivity index (χ0n) is 19.6. The third-order valence-electron chi connectivity index (χ3n) is 5.89. The Morgan fingerprint density at radius 3 is 2.51 bits per heavy atom. The highest BCUT2D eigenvalue weighted by Crippen LogP contribution is 2.33. The van der Waals surface area contributed by atoms with Crippen molar-refractivity contribution in [2.75, 3.05) is 12.4 Å². The van der Waals surface area contributed by atoms with Crippen LogP contribution >= 0.6 is 11.3 Å². The van der Waals surface area contributed by atoms with Crippen molar-refractivity contribution in [3.63, 3.8) is 0 Å². The van der Waals surface area contributed by atoms with E-state index in [9.17, 15) is 14.4 Å². The third kappa shape index (κ3) is 3.77. The summed E-state index contributed by atoms with van der Waals surface area (Å²) in [5.41, 5.74) is 2.68. The number of amides is 1. The second kappa shape index (κ2) is 8.66. The number of aromatic nitrogens is 1. The summed E-state index contributed by atoms with van der Waals surface area (Å²) in [5, 5.41) is 2.82. The highest BCUT2D eigenvalue weighted by atomic mass is 32.1. The van der Waals surface area contributed by atoms with E-state index in [2.05, 4.69) is 10.3 Å². The van der Waals surface area contributed by atoms with Gasteiger partial charge in [0, 0.05) is 11.3 Å². The molecule has 1 aromatic heterocycles. The average molecular weight is 490 g/mol. The van der Waals surface area contributed by atoms with Crippen molar-refractivity contribution in [2.45, 2.75) is 32.9 Å². The fourth-order valence-electron chi connectivity index (χ4n) is 4.35. The number of carbonyl (C=O) groups excluding carboxylic acids is 2. The first-order valence-corrected chi connectivity index (χ1v) is 11.9. The summed E-state index contributed by atoms with van der Waals surface area (Å²) in [6, 6.07) is 13.6. The molecule has 2 aliphatic heterocycles. The number of nitrogens with zero attached hydrogens (tertiary/aromatic N) is 2. The molecular formula is C26H23N3O5S. The summed E-state index contributed by atoms with van der Waals surface area (Å²) in [7, 11) is 1.57. The van der Waals surface area contributed by atoms with Crippen LogP contribution in [0, 0.1) is 0 Å². The van der Waals surface area contributed by atoms with Gasteiger partial charge in [-0.3, -0.25) is 14.2 Å². The smallest absolute Gasteiger partial charge is 0.338 e. The lowest BCUT2D eigenvalue weighted by Crippen LogP contribution is -2.40. The van der Waals surface area contributed by atoms with Crippen molar-refractivity contribution in [2.24, 2.45) is 4.99 Å². The number of ether oxygens (including phenoxy) is 2. The number of methoxy groups -OCH3 is 1. The van der Waals surface area contributed by atoms with Crippen molar-refractivity contribution in [3.8, 4) is 5.75 Å². The van der Waals surface area contributed by atoms with Crippen molar-refractivity contribution < 1.29 is 19.1 Å². The number of allylic oxidation sites excluding steroid dienone is 1. The molecular weight excluding hydrogens is 466 g/mol. The largest absolute Gasteiger partial charge is 0.497 e. The second-order valence-corrected chi connectivity index (χ2v) is 9.48. The molecule has 0 saturated carbocycles. The standard InChI is InChI=1S/C26H23N3O5S/c1-13(2)34-25(32)19-14(3)27-26-29(21(19)15-9-11-16(33-4)12-10-15)24(31)22(35-26)20-17-7-5-6-8-18(17)28-23(20)30/h5-13,21H,1-4H3,(H,28,30)/b22-20-/t21-/m0/s1. The predicted molar refractivity (Wildman–Crippen MR) is 132 cm³/mol. The minimum Gasteiger partial charge on any atom is -0.497 e. The Kier molecular flexibility index (Phi) is 5.64. The van der Waals surface area contributed by atoms with Gasteiger partial charge in [-0.05, 0) is 44.5 Å². The fourth-order valence-corrected chi connectivity index (χ4v) is 5.50. The van der Waals surface area contributed by atoms with Crippen molar-refractivity contribution in [1.82, 2.24) is 4.57 Å². The van der Waals surface area contributed by atoms with Gasteiger partial charge in [-0.15, -0.1) is 0 Å². The van der Waals surface area contributed by atoms with Crippen molar-refractivity contribution in [1.29, 1.82) is 0 Å². The van der Waals surface area contributed by atoms with Gasteiger partial charge in [0.25, 0.3) is 11.5 Å². The van der Waals surface area contributed by atoms with Gasteiger partial charge < -0.3 is 14.8 Å². The van der Waals surface area contributed by atoms with Crippen LogP contribution in [-0.2, 0) is 14.3 Å². The van der Waals surface area contributed by atoms with E-state index < -0.39 is 17.6 Å². The highest BCUT2D eigenvalue weighted by molar-refractivity contribution is 7.07. The zero-order chi connectivity index (χ0) is 24.9. The molecule has 0 bridgehead atoms. The number of hydrogen-bond donors (Lipinski definition) is 1. The van der Waals surface area contributed by atoms with E-state index in [0.717, 1.165) is 11.3 Å². The van der Waals surface area contributed by atoms with Crippen LogP contribution in [0.15, 0.2) is 69.6 Å². The van der Waals surface area contributed by atoms with E-state index in [1.165, 1.54) is 4.57 Å². The number of anilines is 1. The highest BCUT2D eigenvalue weighted by Gasteiger charge is 2.35. The maximum Gasteiger partial charge on any atom is 0.338 e. The van der Waals surface area contributed by atoms with Gasteiger partial charge in [-0.1, -0.05) is 41.7 Å². The molecule has 5 rings (SSSR count). The number of benzene rings is 2. The molecule has 1 amide bonds. The summed E-state index contributed by atoms with van der Waals surface area (Å²) < 4.78 is 12.6. The van der Waals surface area contributed by atoms with Crippen molar-refractivity contribution >= 4 is 34.5 Å². The molecule has 35 heavy (non-hydrogen) atoms. The zero-order valence-corrected chi connectivity index (χ0v) is 20.4. The number of hydrogen-bond acceptors (Lipinski definition) is 7. The van der Waals surface area contributed by atoms with Crippen LogP contribution in [0.25, 0.3) is 5.57 Å². The number of nitrogens with one attached hydrogen (secondary N) is 1. The Balaban J connectivity index is 1.79. The van der Waals surface area contributed by atoms with E-state index >= 15 is 0 Å². The van der Waals surface area contributed by atoms with Crippen LogP contribution in [0.1, 0.15) is 37.9 Å². The first-order valence-electron chi connectivity index (χ1n) is 11.1. The molecule has 8 nitrogen and oxygen atoms in total. The maximum atomic E-state index is 13.9. The van der Waals surface area contributed by atoms with E-state index in [1.54, 1.807) is 52.1 Å². The van der Waals surface area contributed by atoms with Crippen molar-refractivity contribution in [3.05, 3.63) is 90.6 Å². The molecule has 0 unspecified atom stereocenters. The van der Waals surface area contributed by atoms with E-state index in [4.69, 9.17) is 9.47 Å². The molecule has 3 heterocycles. The van der Waals surface area contributed by atoms with E-state index in [0.29, 0.717) is 38.6 Å². The summed E-state index contributed by atoms with van der Waals surface area (Å²) in [6.07, 6.45) is -0.343. The summed E-state index contributed by atoms with van der Waals surface area (Å²) in [5.74, 6) is -0.230. The molecule has 0 aliphatic carbocycles. The Morgan fingerprint density at radius 2 is 1.83 bits per heavy atom. The summed E-state index contributed by atoms with van der Waals surface area (Å²) in [6.45, 7) is 5.26. The molecule has 178 valence electrons. The quantitative estimate of drug-likeness (QED) is 0.568. The molecule has 3 aromatic rings. The molecule has 2 aromatic carbocycles. The van der Waals surface area contributed by atoms with E-state index in [-0.39, 0.29) is 22.1 Å². The third-order valence-corrected chi connectivity index (χ3v) is 6.94. The number of rotatable bonds is 4. The van der Waals surface area contributed by atoms with Gasteiger partial charge in [0.15, 0.2) is 4.80 Å². The van der Waals surface area contributed by atoms with Crippen LogP contribution in [0.2, 0.25) is 0 Å². The van der Waals surface area contributed by atoms with Crippen LogP contribution in [0.5, 0.6) is 5.75 Å². The van der Waals surface area contributed by atoms with Crippen LogP contribution in [0.3, 0.4) is 0 Å². The molecule has 1 atom stereocenters. The monoisotopic (exact) mass is 489 g/mol. The number of para-hydroxylation sites is 1. The average Bonchev–Trinajstić information content (AvgIpc) is 3.32. The minimum absolute atomic E-state index is 0.274. The minimum atomic E-state index is -0.766. The van der Waals surface area contributed by atoms with Gasteiger partial charge in [-0.2, -0.15) is 0 Å². The van der Waals surface area contributed by atoms with Crippen LogP contribution in [-0.4, -0.2) is 29.7 Å². The second-order valence-electron chi connectivity index (χ2n) is 8.50. The Hall–Kier alpha value is -3.98. The molecule has 0 spiro atoms. The SMILES string of the molecule is COc1ccc([C@H]2C(C(=O)OC(C)C)=C(C)N=c3s/c(=C4\C(=O)Nc5ccccc54)c(=O)n32)cc1. The lowest BCUT2D eigenvalue weighted by atomic mass is 9.95. The topological polar surface area (TPSA) is 99.0 Å². The van der Waals surface area contributed by atoms with Gasteiger partial charge in [0.2, 0.25) is 0 Å². The lowest BCUT2D eigenvalue weighted by molar-refractivity contribution is -0.143. The molecule has 0 fully saturated rings. The Labute approximate surface area is 204 Å². The van der Waals surface area contributed by atoms with Gasteiger partial charge in [0.05, 0.1) is 36.1 Å². The number of esters is 1. The lowest BCUT2D eigenvalue weighted by Gasteiger charge is -2.25. The summed E-state index contributed by atoms with van der Waals surface area (Å²) >= 11 is 1.14. The van der Waals surface area contributed by atoms with E-state index in [1.807, 2.05) is 24.3 Å². The molecule has 9 heteroatoms. The number of fused-ring (bicyclic) bond motifs is 2. The molecule has 2 aliphatic rings. The summed E-state index contributed by atoms with van der Waals surface area (Å²) in [4.78, 5) is 44.9. The predicted octanol–water partition coefficient (Wildman–Crippen LogP) is 2.52. The normalized spacial score (nSPS) is 18.1. The van der Waals surface area contributed by atoms with Gasteiger partial charge in [0.1, 0.15) is 10.3 Å². The fraction of sp³-hybridized carbons (Fsp3) is 0.231. The Morgan fingerprint density at radius 1 is 1.11 bits per heavy atom. The first-order chi connectivity index (χ1) is 16.8. The first kappa shape index (κ1) is 22.8. The van der Waals surface area contributed by atoms with Gasteiger partial charge >= 0.3 is 5.97 Å². The number of carbonyl (C=O) groups is 2. The Bertz CT molecular complexity index is 1580. The van der Waals surface area contributed by atoms with Crippen LogP contribution in [0.4, 0.5) is 5.69 Å². The molecule has 0 radical (unpaired) electrons. The maximum absolute atomic E-state index is 13.9.